The van der Waals surface area contributed by atoms with E-state index in [0.717, 1.165) is 122 Å². The molecule has 0 saturated heterocycles. The van der Waals surface area contributed by atoms with Crippen LogP contribution < -0.4 is 0 Å². The second-order valence-corrected chi connectivity index (χ2v) is 18.1. The summed E-state index contributed by atoms with van der Waals surface area (Å²) in [7, 11) is 0. The average molecular weight is 943 g/mol. The molecule has 0 N–H and O–H groups in total. The van der Waals surface area contributed by atoms with Crippen molar-refractivity contribution < 1.29 is 28.6 Å². The minimum absolute atomic E-state index is 0.0948. The highest BCUT2D eigenvalue weighted by atomic mass is 16.6. The molecule has 68 heavy (non-hydrogen) atoms. The van der Waals surface area contributed by atoms with Gasteiger partial charge in [-0.15, -0.1) is 0 Å². The molecule has 0 aliphatic carbocycles. The Balaban J connectivity index is 4.37. The Labute approximate surface area is 419 Å². The van der Waals surface area contributed by atoms with Crippen molar-refractivity contribution in [1.82, 2.24) is 0 Å². The summed E-state index contributed by atoms with van der Waals surface area (Å²) in [5, 5.41) is 0. The Morgan fingerprint density at radius 2 is 0.574 bits per heavy atom. The molecular weight excluding hydrogens is 841 g/mol. The fraction of sp³-hybridized carbons (Fsp3) is 0.661. The van der Waals surface area contributed by atoms with Crippen LogP contribution in [0.2, 0.25) is 0 Å². The monoisotopic (exact) mass is 943 g/mol. The van der Waals surface area contributed by atoms with Gasteiger partial charge in [0.15, 0.2) is 6.10 Å². The molecule has 0 rings (SSSR count). The molecule has 1 atom stereocenters. The minimum Gasteiger partial charge on any atom is -0.462 e. The van der Waals surface area contributed by atoms with E-state index in [1.54, 1.807) is 0 Å². The summed E-state index contributed by atoms with van der Waals surface area (Å²) in [6.07, 6.45) is 75.1. The third-order valence-corrected chi connectivity index (χ3v) is 11.5. The molecule has 0 aliphatic rings. The fourth-order valence-corrected chi connectivity index (χ4v) is 7.33. The molecular formula is C62H102O6. The normalized spacial score (nSPS) is 12.9. The van der Waals surface area contributed by atoms with Crippen LogP contribution in [0.15, 0.2) is 109 Å². The van der Waals surface area contributed by atoms with Gasteiger partial charge in [0.2, 0.25) is 0 Å². The molecule has 0 amide bonds. The van der Waals surface area contributed by atoms with Crippen molar-refractivity contribution >= 4 is 17.9 Å². The van der Waals surface area contributed by atoms with E-state index in [2.05, 4.69) is 130 Å². The Morgan fingerprint density at radius 3 is 0.971 bits per heavy atom. The summed E-state index contributed by atoms with van der Waals surface area (Å²) in [6.45, 7) is 6.44. The number of esters is 3. The van der Waals surface area contributed by atoms with Gasteiger partial charge in [0.1, 0.15) is 13.2 Å². The lowest BCUT2D eigenvalue weighted by atomic mass is 10.1. The summed E-state index contributed by atoms with van der Waals surface area (Å²) < 4.78 is 16.8. The third kappa shape index (κ3) is 53.0. The van der Waals surface area contributed by atoms with Gasteiger partial charge in [0, 0.05) is 19.3 Å². The zero-order valence-corrected chi connectivity index (χ0v) is 44.1. The van der Waals surface area contributed by atoms with E-state index in [0.29, 0.717) is 19.3 Å². The standard InChI is InChI=1S/C62H102O6/c1-4-7-10-13-16-19-22-24-25-26-27-28-29-30-31-32-33-34-35-36-37-38-41-43-46-49-52-55-61(64)67-58-59(57-66-60(63)54-51-48-45-42-39-21-18-15-12-9-6-3)68-62(65)56-53-50-47-44-40-23-20-17-14-11-8-5-2/h7,10,16-17,19-20,24-25,27-28,30-31,33-34,36-37,41,43,59H,4-6,8-9,11-15,18,21-23,26,29,32,35,38-40,42,44-58H2,1-3H3/b10-7-,19-16-,20-17-,25-24-,28-27-,31-30-,34-33-,37-36-,43-41-. The van der Waals surface area contributed by atoms with Crippen LogP contribution in [-0.4, -0.2) is 37.2 Å². The van der Waals surface area contributed by atoms with Crippen LogP contribution >= 0.6 is 0 Å². The van der Waals surface area contributed by atoms with Crippen LogP contribution in [0.5, 0.6) is 0 Å². The minimum atomic E-state index is -0.799. The number of hydrogen-bond acceptors (Lipinski definition) is 6. The van der Waals surface area contributed by atoms with Gasteiger partial charge in [-0.3, -0.25) is 14.4 Å². The molecule has 0 fully saturated rings. The van der Waals surface area contributed by atoms with Crippen molar-refractivity contribution in [2.75, 3.05) is 13.2 Å². The second-order valence-electron chi connectivity index (χ2n) is 18.1. The Bertz CT molecular complexity index is 1410. The summed E-state index contributed by atoms with van der Waals surface area (Å²) in [4.78, 5) is 38.0. The van der Waals surface area contributed by atoms with E-state index in [9.17, 15) is 14.4 Å². The first-order valence-corrected chi connectivity index (χ1v) is 27.9. The van der Waals surface area contributed by atoms with Gasteiger partial charge in [-0.05, 0) is 109 Å². The van der Waals surface area contributed by atoms with Crippen LogP contribution in [0.1, 0.15) is 245 Å². The molecule has 0 spiro atoms. The lowest BCUT2D eigenvalue weighted by molar-refractivity contribution is -0.167. The van der Waals surface area contributed by atoms with E-state index >= 15 is 0 Å². The van der Waals surface area contributed by atoms with E-state index in [1.807, 2.05) is 0 Å². The number of allylic oxidation sites excluding steroid dienone is 18. The predicted octanol–water partition coefficient (Wildman–Crippen LogP) is 18.7. The van der Waals surface area contributed by atoms with Crippen LogP contribution in [0.4, 0.5) is 0 Å². The van der Waals surface area contributed by atoms with E-state index in [1.165, 1.54) is 83.5 Å². The lowest BCUT2D eigenvalue weighted by Gasteiger charge is -2.18. The number of ether oxygens (including phenoxy) is 3. The van der Waals surface area contributed by atoms with Crippen molar-refractivity contribution in [3.05, 3.63) is 109 Å². The first-order valence-electron chi connectivity index (χ1n) is 27.9. The van der Waals surface area contributed by atoms with Crippen LogP contribution in [0, 0.1) is 0 Å². The topological polar surface area (TPSA) is 78.9 Å². The van der Waals surface area contributed by atoms with Crippen LogP contribution in [0.25, 0.3) is 0 Å². The molecule has 0 radical (unpaired) electrons. The van der Waals surface area contributed by atoms with Crippen molar-refractivity contribution in [3.8, 4) is 0 Å². The maximum Gasteiger partial charge on any atom is 0.306 e. The molecule has 0 bridgehead atoms. The largest absolute Gasteiger partial charge is 0.462 e. The maximum atomic E-state index is 12.8. The Morgan fingerprint density at radius 1 is 0.309 bits per heavy atom. The average Bonchev–Trinajstić information content (AvgIpc) is 3.34. The first kappa shape index (κ1) is 64.1. The SMILES string of the molecule is CC/C=C\C/C=C\C/C=C\C/C=C\C/C=C\C/C=C\C/C=C\C/C=C\CCCCC(=O)OCC(COC(=O)CCCCCCCCCCCCC)OC(=O)CCCCCCC/C=C\CCCCC. The van der Waals surface area contributed by atoms with Gasteiger partial charge < -0.3 is 14.2 Å². The number of rotatable bonds is 49. The second kappa shape index (κ2) is 55.7. The third-order valence-electron chi connectivity index (χ3n) is 11.5. The molecule has 6 nitrogen and oxygen atoms in total. The van der Waals surface area contributed by atoms with Crippen molar-refractivity contribution in [2.24, 2.45) is 0 Å². The van der Waals surface area contributed by atoms with Crippen molar-refractivity contribution in [2.45, 2.75) is 252 Å². The first-order chi connectivity index (χ1) is 33.5. The lowest BCUT2D eigenvalue weighted by Crippen LogP contribution is -2.30. The Kier molecular flexibility index (Phi) is 52.4. The zero-order valence-electron chi connectivity index (χ0n) is 44.1. The summed E-state index contributed by atoms with van der Waals surface area (Å²) in [5.41, 5.74) is 0. The molecule has 386 valence electrons. The predicted molar refractivity (Wildman–Crippen MR) is 293 cm³/mol. The maximum absolute atomic E-state index is 12.8. The van der Waals surface area contributed by atoms with Gasteiger partial charge >= 0.3 is 17.9 Å². The quantitative estimate of drug-likeness (QED) is 0.0262. The van der Waals surface area contributed by atoms with Crippen LogP contribution in [0.3, 0.4) is 0 Å². The van der Waals surface area contributed by atoms with Gasteiger partial charge in [0.25, 0.3) is 0 Å². The number of unbranched alkanes of at least 4 members (excludes halogenated alkanes) is 20. The molecule has 6 heteroatoms. The highest BCUT2D eigenvalue weighted by molar-refractivity contribution is 5.71. The smallest absolute Gasteiger partial charge is 0.306 e. The van der Waals surface area contributed by atoms with Gasteiger partial charge in [-0.25, -0.2) is 0 Å². The number of carbonyl (C=O) groups excluding carboxylic acids is 3. The number of hydrogen-bond donors (Lipinski definition) is 0. The summed E-state index contributed by atoms with van der Waals surface area (Å²) in [6, 6.07) is 0. The van der Waals surface area contributed by atoms with E-state index in [4.69, 9.17) is 14.2 Å². The van der Waals surface area contributed by atoms with E-state index < -0.39 is 6.10 Å². The summed E-state index contributed by atoms with van der Waals surface area (Å²) >= 11 is 0. The number of carbonyl (C=O) groups is 3. The molecule has 0 aliphatic heterocycles. The zero-order chi connectivity index (χ0) is 49.3. The van der Waals surface area contributed by atoms with E-state index in [-0.39, 0.29) is 31.1 Å². The molecule has 0 aromatic carbocycles. The highest BCUT2D eigenvalue weighted by Crippen LogP contribution is 2.14. The Hall–Kier alpha value is -3.93. The van der Waals surface area contributed by atoms with Gasteiger partial charge in [-0.2, -0.15) is 0 Å². The molecule has 0 aromatic heterocycles. The molecule has 0 heterocycles. The molecule has 1 unspecified atom stereocenters. The fourth-order valence-electron chi connectivity index (χ4n) is 7.33. The van der Waals surface area contributed by atoms with Crippen molar-refractivity contribution in [3.63, 3.8) is 0 Å². The van der Waals surface area contributed by atoms with Gasteiger partial charge in [-0.1, -0.05) is 226 Å². The van der Waals surface area contributed by atoms with Gasteiger partial charge in [0.05, 0.1) is 0 Å². The molecule has 0 saturated carbocycles. The van der Waals surface area contributed by atoms with Crippen LogP contribution in [-0.2, 0) is 28.6 Å². The van der Waals surface area contributed by atoms with Crippen molar-refractivity contribution in [1.29, 1.82) is 0 Å². The summed E-state index contributed by atoms with van der Waals surface area (Å²) in [5.74, 6) is -0.953. The highest BCUT2D eigenvalue weighted by Gasteiger charge is 2.19. The molecule has 0 aromatic rings.